The minimum absolute atomic E-state index is 0.0153. The minimum atomic E-state index is -0.0491. The van der Waals surface area contributed by atoms with E-state index in [2.05, 4.69) is 5.32 Å². The van der Waals surface area contributed by atoms with Gasteiger partial charge in [0.1, 0.15) is 11.5 Å². The molecule has 1 amide bonds. The molecule has 4 nitrogen and oxygen atoms in total. The summed E-state index contributed by atoms with van der Waals surface area (Å²) in [7, 11) is 3.28. The second kappa shape index (κ2) is 5.00. The van der Waals surface area contributed by atoms with Crippen molar-refractivity contribution in [2.75, 3.05) is 20.8 Å². The number of ether oxygens (including phenoxy) is 2. The number of rotatable bonds is 2. The average molecular weight is 275 g/mol. The fraction of sp³-hybridized carbons (Fsp3) is 0.562. The van der Waals surface area contributed by atoms with Crippen LogP contribution in [0.1, 0.15) is 48.0 Å². The summed E-state index contributed by atoms with van der Waals surface area (Å²) in [5.74, 6) is 1.41. The van der Waals surface area contributed by atoms with Crippen molar-refractivity contribution in [1.29, 1.82) is 0 Å². The van der Waals surface area contributed by atoms with Gasteiger partial charge in [-0.05, 0) is 25.0 Å². The van der Waals surface area contributed by atoms with Crippen LogP contribution in [0, 0.1) is 0 Å². The highest BCUT2D eigenvalue weighted by molar-refractivity contribution is 6.01. The fourth-order valence-corrected chi connectivity index (χ4v) is 3.74. The molecule has 4 heteroatoms. The first-order valence-corrected chi connectivity index (χ1v) is 7.25. The van der Waals surface area contributed by atoms with E-state index >= 15 is 0 Å². The van der Waals surface area contributed by atoms with Gasteiger partial charge in [0.05, 0.1) is 19.8 Å². The van der Waals surface area contributed by atoms with Crippen molar-refractivity contribution in [2.24, 2.45) is 0 Å². The largest absolute Gasteiger partial charge is 0.496 e. The zero-order valence-electron chi connectivity index (χ0n) is 12.1. The molecule has 1 aliphatic heterocycles. The lowest BCUT2D eigenvalue weighted by atomic mass is 9.66. The topological polar surface area (TPSA) is 47.6 Å². The molecule has 20 heavy (non-hydrogen) atoms. The first-order chi connectivity index (χ1) is 9.72. The molecule has 1 heterocycles. The van der Waals surface area contributed by atoms with E-state index in [4.69, 9.17) is 9.47 Å². The van der Waals surface area contributed by atoms with Crippen molar-refractivity contribution in [3.63, 3.8) is 0 Å². The Bertz CT molecular complexity index is 533. The summed E-state index contributed by atoms with van der Waals surface area (Å²) >= 11 is 0. The molecule has 108 valence electrons. The maximum atomic E-state index is 12.3. The van der Waals surface area contributed by atoms with E-state index in [0.717, 1.165) is 24.2 Å². The van der Waals surface area contributed by atoms with Crippen LogP contribution in [0.3, 0.4) is 0 Å². The van der Waals surface area contributed by atoms with Crippen molar-refractivity contribution in [3.8, 4) is 11.5 Å². The molecule has 0 bridgehead atoms. The molecular formula is C16H21NO3. The predicted molar refractivity (Wildman–Crippen MR) is 76.6 cm³/mol. The van der Waals surface area contributed by atoms with Crippen LogP contribution in [-0.4, -0.2) is 26.7 Å². The van der Waals surface area contributed by atoms with Gasteiger partial charge in [-0.3, -0.25) is 4.79 Å². The zero-order valence-corrected chi connectivity index (χ0v) is 12.1. The van der Waals surface area contributed by atoms with E-state index in [1.165, 1.54) is 19.3 Å². The van der Waals surface area contributed by atoms with Gasteiger partial charge in [-0.2, -0.15) is 0 Å². The Kier molecular flexibility index (Phi) is 3.32. The molecule has 1 N–H and O–H groups in total. The summed E-state index contributed by atoms with van der Waals surface area (Å²) in [6.45, 7) is 0.711. The van der Waals surface area contributed by atoms with Crippen LogP contribution in [0.4, 0.5) is 0 Å². The molecule has 1 aromatic rings. The third-order valence-corrected chi connectivity index (χ3v) is 4.72. The summed E-state index contributed by atoms with van der Waals surface area (Å²) < 4.78 is 11.0. The number of methoxy groups -OCH3 is 2. The zero-order chi connectivity index (χ0) is 14.2. The Hall–Kier alpha value is -1.71. The molecule has 0 unspecified atom stereocenters. The van der Waals surface area contributed by atoms with Gasteiger partial charge >= 0.3 is 0 Å². The predicted octanol–water partition coefficient (Wildman–Crippen LogP) is 2.65. The average Bonchev–Trinajstić information content (AvgIpc) is 2.51. The van der Waals surface area contributed by atoms with E-state index in [0.29, 0.717) is 17.9 Å². The number of nitrogens with one attached hydrogen (secondary N) is 1. The molecule has 3 rings (SSSR count). The fourth-order valence-electron chi connectivity index (χ4n) is 3.74. The molecule has 0 atom stereocenters. The molecule has 1 spiro atoms. The highest BCUT2D eigenvalue weighted by atomic mass is 16.5. The van der Waals surface area contributed by atoms with E-state index in [1.807, 2.05) is 12.1 Å². The number of amides is 1. The monoisotopic (exact) mass is 275 g/mol. The summed E-state index contributed by atoms with van der Waals surface area (Å²) in [6, 6.07) is 3.74. The maximum Gasteiger partial charge on any atom is 0.255 e. The summed E-state index contributed by atoms with van der Waals surface area (Å²) in [5, 5.41) is 3.05. The standard InChI is InChI=1S/C16H21NO3/c1-19-11-6-7-12(20-2)14-13(11)15(18)17-10-16(14)8-4-3-5-9-16/h6-7H,3-5,8-10H2,1-2H3,(H,17,18). The number of carbonyl (C=O) groups is 1. The van der Waals surface area contributed by atoms with Crippen LogP contribution in [0.2, 0.25) is 0 Å². The molecule has 1 fully saturated rings. The van der Waals surface area contributed by atoms with Gasteiger partial charge in [0, 0.05) is 17.5 Å². The van der Waals surface area contributed by atoms with Gasteiger partial charge in [-0.15, -0.1) is 0 Å². The van der Waals surface area contributed by atoms with Crippen molar-refractivity contribution in [3.05, 3.63) is 23.3 Å². The lowest BCUT2D eigenvalue weighted by Crippen LogP contribution is -2.48. The minimum Gasteiger partial charge on any atom is -0.496 e. The number of carbonyl (C=O) groups excluding carboxylic acids is 1. The van der Waals surface area contributed by atoms with E-state index in [9.17, 15) is 4.79 Å². The van der Waals surface area contributed by atoms with Crippen LogP contribution < -0.4 is 14.8 Å². The van der Waals surface area contributed by atoms with Crippen molar-refractivity contribution in [1.82, 2.24) is 5.32 Å². The maximum absolute atomic E-state index is 12.3. The van der Waals surface area contributed by atoms with Crippen LogP contribution in [0.15, 0.2) is 12.1 Å². The van der Waals surface area contributed by atoms with Crippen LogP contribution >= 0.6 is 0 Å². The molecular weight excluding hydrogens is 254 g/mol. The Morgan fingerprint density at radius 1 is 1.05 bits per heavy atom. The third-order valence-electron chi connectivity index (χ3n) is 4.72. The quantitative estimate of drug-likeness (QED) is 0.902. The Labute approximate surface area is 119 Å². The first-order valence-electron chi connectivity index (χ1n) is 7.25. The Balaban J connectivity index is 2.23. The number of hydrogen-bond acceptors (Lipinski definition) is 3. The number of benzene rings is 1. The Morgan fingerprint density at radius 3 is 2.35 bits per heavy atom. The molecule has 1 aromatic carbocycles. The van der Waals surface area contributed by atoms with Gasteiger partial charge in [0.2, 0.25) is 0 Å². The highest BCUT2D eigenvalue weighted by Gasteiger charge is 2.43. The van der Waals surface area contributed by atoms with Crippen LogP contribution in [0.5, 0.6) is 11.5 Å². The molecule has 0 saturated heterocycles. The number of fused-ring (bicyclic) bond motifs is 2. The van der Waals surface area contributed by atoms with Crippen molar-refractivity contribution in [2.45, 2.75) is 37.5 Å². The second-order valence-electron chi connectivity index (χ2n) is 5.74. The molecule has 1 aliphatic carbocycles. The van der Waals surface area contributed by atoms with Crippen LogP contribution in [-0.2, 0) is 5.41 Å². The van der Waals surface area contributed by atoms with E-state index in [-0.39, 0.29) is 11.3 Å². The molecule has 0 aromatic heterocycles. The normalized spacial score (nSPS) is 20.2. The summed E-state index contributed by atoms with van der Waals surface area (Å²) in [5.41, 5.74) is 1.74. The van der Waals surface area contributed by atoms with Gasteiger partial charge in [0.15, 0.2) is 0 Å². The van der Waals surface area contributed by atoms with Gasteiger partial charge in [-0.25, -0.2) is 0 Å². The lowest BCUT2D eigenvalue weighted by Gasteiger charge is -2.42. The van der Waals surface area contributed by atoms with E-state index in [1.54, 1.807) is 14.2 Å². The van der Waals surface area contributed by atoms with Gasteiger partial charge in [0.25, 0.3) is 5.91 Å². The van der Waals surface area contributed by atoms with Crippen LogP contribution in [0.25, 0.3) is 0 Å². The molecule has 0 radical (unpaired) electrons. The lowest BCUT2D eigenvalue weighted by molar-refractivity contribution is 0.0906. The SMILES string of the molecule is COc1ccc(OC)c2c1C(=O)NCC21CCCCC1. The number of hydrogen-bond donors (Lipinski definition) is 1. The van der Waals surface area contributed by atoms with Gasteiger partial charge < -0.3 is 14.8 Å². The summed E-state index contributed by atoms with van der Waals surface area (Å²) in [4.78, 5) is 12.3. The smallest absolute Gasteiger partial charge is 0.255 e. The highest BCUT2D eigenvalue weighted by Crippen LogP contribution is 2.48. The second-order valence-corrected chi connectivity index (χ2v) is 5.74. The molecule has 2 aliphatic rings. The summed E-state index contributed by atoms with van der Waals surface area (Å²) in [6.07, 6.45) is 5.89. The Morgan fingerprint density at radius 2 is 1.70 bits per heavy atom. The van der Waals surface area contributed by atoms with Crippen molar-refractivity contribution < 1.29 is 14.3 Å². The third kappa shape index (κ3) is 1.86. The molecule has 1 saturated carbocycles. The first kappa shape index (κ1) is 13.3. The van der Waals surface area contributed by atoms with E-state index < -0.39 is 0 Å². The van der Waals surface area contributed by atoms with Gasteiger partial charge in [-0.1, -0.05) is 19.3 Å². The van der Waals surface area contributed by atoms with Crippen molar-refractivity contribution >= 4 is 5.91 Å².